The highest BCUT2D eigenvalue weighted by Crippen LogP contribution is 2.21. The normalized spacial score (nSPS) is 11.4. The molecule has 0 saturated heterocycles. The van der Waals surface area contributed by atoms with Crippen molar-refractivity contribution in [3.63, 3.8) is 0 Å². The Morgan fingerprint density at radius 1 is 1.16 bits per heavy atom. The van der Waals surface area contributed by atoms with E-state index in [0.29, 0.717) is 11.5 Å². The molecular formula is C11H6ClN7. The molecule has 1 N–H and O–H groups in total. The second-order valence-corrected chi connectivity index (χ2v) is 4.28. The monoisotopic (exact) mass is 271 g/mol. The highest BCUT2D eigenvalue weighted by Gasteiger charge is 2.14. The van der Waals surface area contributed by atoms with Gasteiger partial charge in [-0.2, -0.15) is 19.7 Å². The molecule has 4 aromatic rings. The third-order valence-electron chi connectivity index (χ3n) is 2.81. The summed E-state index contributed by atoms with van der Waals surface area (Å²) < 4.78 is 1.63. The first-order valence-corrected chi connectivity index (χ1v) is 5.88. The number of aromatic amines is 1. The molecule has 3 aromatic heterocycles. The molecule has 0 bridgehead atoms. The largest absolute Gasteiger partial charge is 0.261 e. The van der Waals surface area contributed by atoms with Gasteiger partial charge in [0, 0.05) is 0 Å². The van der Waals surface area contributed by atoms with Crippen molar-refractivity contribution in [2.45, 2.75) is 0 Å². The van der Waals surface area contributed by atoms with Crippen LogP contribution in [0.3, 0.4) is 0 Å². The number of aromatic nitrogens is 7. The molecular weight excluding hydrogens is 266 g/mol. The van der Waals surface area contributed by atoms with Gasteiger partial charge in [-0.25, -0.2) is 0 Å². The van der Waals surface area contributed by atoms with Gasteiger partial charge in [-0.05, 0) is 23.7 Å². The molecule has 0 aliphatic carbocycles. The minimum Gasteiger partial charge on any atom is -0.261 e. The molecule has 0 unspecified atom stereocenters. The number of nitrogens with zero attached hydrogens (tertiary/aromatic N) is 6. The lowest BCUT2D eigenvalue weighted by molar-refractivity contribution is 0.805. The highest BCUT2D eigenvalue weighted by atomic mass is 35.5. The number of para-hydroxylation sites is 1. The number of H-pyrrole nitrogens is 1. The zero-order chi connectivity index (χ0) is 12.8. The van der Waals surface area contributed by atoms with Gasteiger partial charge in [0.2, 0.25) is 5.28 Å². The van der Waals surface area contributed by atoms with Gasteiger partial charge in [-0.1, -0.05) is 17.3 Å². The second kappa shape index (κ2) is 3.72. The number of hydrogen-bond acceptors (Lipinski definition) is 5. The van der Waals surface area contributed by atoms with E-state index in [9.17, 15) is 0 Å². The smallest absolute Gasteiger partial charge is 0.226 e. The maximum Gasteiger partial charge on any atom is 0.226 e. The quantitative estimate of drug-likeness (QED) is 0.533. The molecule has 7 nitrogen and oxygen atoms in total. The van der Waals surface area contributed by atoms with Gasteiger partial charge < -0.3 is 0 Å². The van der Waals surface area contributed by atoms with Crippen molar-refractivity contribution in [2.75, 3.05) is 0 Å². The molecule has 0 aliphatic rings. The van der Waals surface area contributed by atoms with Crippen molar-refractivity contribution in [3.8, 4) is 5.82 Å². The lowest BCUT2D eigenvalue weighted by Gasteiger charge is -2.02. The van der Waals surface area contributed by atoms with Gasteiger partial charge in [-0.15, -0.1) is 5.10 Å². The Hall–Kier alpha value is -2.54. The number of rotatable bonds is 1. The molecule has 0 saturated carbocycles. The van der Waals surface area contributed by atoms with E-state index in [-0.39, 0.29) is 5.28 Å². The lowest BCUT2D eigenvalue weighted by atomic mass is 10.3. The van der Waals surface area contributed by atoms with Crippen molar-refractivity contribution >= 4 is 33.7 Å². The number of nitrogens with one attached hydrogen (secondary N) is 1. The topological polar surface area (TPSA) is 85.2 Å². The summed E-state index contributed by atoms with van der Waals surface area (Å²) in [5.41, 5.74) is 2.20. The fourth-order valence-electron chi connectivity index (χ4n) is 1.98. The predicted molar refractivity (Wildman–Crippen MR) is 69.1 cm³/mol. The highest BCUT2D eigenvalue weighted by molar-refractivity contribution is 6.28. The van der Waals surface area contributed by atoms with Crippen LogP contribution < -0.4 is 0 Å². The van der Waals surface area contributed by atoms with Crippen LogP contribution in [0.5, 0.6) is 0 Å². The Balaban J connectivity index is 2.11. The summed E-state index contributed by atoms with van der Waals surface area (Å²) in [6, 6.07) is 7.62. The molecule has 0 aliphatic heterocycles. The number of benzene rings is 1. The molecule has 0 spiro atoms. The molecule has 4 rings (SSSR count). The van der Waals surface area contributed by atoms with E-state index in [1.54, 1.807) is 10.9 Å². The second-order valence-electron chi connectivity index (χ2n) is 3.94. The Morgan fingerprint density at radius 2 is 2.05 bits per heavy atom. The van der Waals surface area contributed by atoms with Crippen LogP contribution >= 0.6 is 11.6 Å². The number of fused-ring (bicyclic) bond motifs is 2. The Bertz CT molecular complexity index is 894. The molecule has 19 heavy (non-hydrogen) atoms. The van der Waals surface area contributed by atoms with Crippen LogP contribution in [0.1, 0.15) is 0 Å². The predicted octanol–water partition coefficient (Wildman–Crippen LogP) is 1.74. The molecule has 0 amide bonds. The Labute approximate surface area is 111 Å². The zero-order valence-electron chi connectivity index (χ0n) is 9.45. The summed E-state index contributed by atoms with van der Waals surface area (Å²) in [4.78, 5) is 8.28. The molecule has 8 heteroatoms. The average Bonchev–Trinajstić information content (AvgIpc) is 3.03. The van der Waals surface area contributed by atoms with Gasteiger partial charge in [0.1, 0.15) is 5.52 Å². The third-order valence-corrected chi connectivity index (χ3v) is 2.98. The maximum atomic E-state index is 5.92. The van der Waals surface area contributed by atoms with E-state index in [1.807, 2.05) is 24.3 Å². The summed E-state index contributed by atoms with van der Waals surface area (Å²) in [5.74, 6) is 0.553. The van der Waals surface area contributed by atoms with Crippen LogP contribution in [0.4, 0.5) is 0 Å². The van der Waals surface area contributed by atoms with Gasteiger partial charge in [-0.3, -0.25) is 5.10 Å². The first-order valence-electron chi connectivity index (χ1n) is 5.50. The first-order chi connectivity index (χ1) is 9.33. The minimum absolute atomic E-state index is 0.131. The van der Waals surface area contributed by atoms with Crippen molar-refractivity contribution in [1.29, 1.82) is 0 Å². The van der Waals surface area contributed by atoms with E-state index in [0.717, 1.165) is 16.4 Å². The van der Waals surface area contributed by atoms with Crippen molar-refractivity contribution in [2.24, 2.45) is 0 Å². The fourth-order valence-corrected chi connectivity index (χ4v) is 2.14. The van der Waals surface area contributed by atoms with E-state index in [2.05, 4.69) is 30.5 Å². The van der Waals surface area contributed by atoms with Crippen LogP contribution in [-0.2, 0) is 0 Å². The average molecular weight is 272 g/mol. The molecule has 92 valence electrons. The van der Waals surface area contributed by atoms with Crippen LogP contribution in [0.25, 0.3) is 27.9 Å². The summed E-state index contributed by atoms with van der Waals surface area (Å²) in [6.45, 7) is 0. The molecule has 0 fully saturated rings. The molecule has 0 radical (unpaired) electrons. The van der Waals surface area contributed by atoms with Crippen molar-refractivity contribution in [3.05, 3.63) is 35.7 Å². The summed E-state index contributed by atoms with van der Waals surface area (Å²) in [6.07, 6.45) is 1.64. The first kappa shape index (κ1) is 10.4. The van der Waals surface area contributed by atoms with Crippen LogP contribution in [-0.4, -0.2) is 35.2 Å². The Morgan fingerprint density at radius 3 is 3.00 bits per heavy atom. The summed E-state index contributed by atoms with van der Waals surface area (Å²) in [7, 11) is 0. The molecule has 3 heterocycles. The lowest BCUT2D eigenvalue weighted by Crippen LogP contribution is -2.02. The SMILES string of the molecule is Clc1nc(-n2nnc3ccccc32)c2cn[nH]c2n1. The number of hydrogen-bond donors (Lipinski definition) is 1. The van der Waals surface area contributed by atoms with Crippen LogP contribution in [0, 0.1) is 0 Å². The van der Waals surface area contributed by atoms with Crippen molar-refractivity contribution in [1.82, 2.24) is 35.2 Å². The van der Waals surface area contributed by atoms with Gasteiger partial charge in [0.05, 0.1) is 17.1 Å². The van der Waals surface area contributed by atoms with Gasteiger partial charge in [0.25, 0.3) is 0 Å². The zero-order valence-corrected chi connectivity index (χ0v) is 10.2. The van der Waals surface area contributed by atoms with E-state index < -0.39 is 0 Å². The maximum absolute atomic E-state index is 5.92. The molecule has 0 atom stereocenters. The Kier molecular flexibility index (Phi) is 2.04. The van der Waals surface area contributed by atoms with Gasteiger partial charge >= 0.3 is 0 Å². The van der Waals surface area contributed by atoms with E-state index in [1.165, 1.54) is 0 Å². The third kappa shape index (κ3) is 1.48. The summed E-state index contributed by atoms with van der Waals surface area (Å²) in [5, 5.41) is 15.8. The fraction of sp³-hybridized carbons (Fsp3) is 0. The standard InChI is InChI=1S/C11H6ClN7/c12-11-14-9-6(5-13-17-9)10(15-11)19-8-4-2-1-3-7(8)16-18-19/h1-5H,(H,13,14,15,17). The molecule has 1 aromatic carbocycles. The summed E-state index contributed by atoms with van der Waals surface area (Å²) >= 11 is 5.92. The van der Waals surface area contributed by atoms with Crippen LogP contribution in [0.2, 0.25) is 5.28 Å². The van der Waals surface area contributed by atoms with E-state index >= 15 is 0 Å². The van der Waals surface area contributed by atoms with Crippen molar-refractivity contribution < 1.29 is 0 Å². The minimum atomic E-state index is 0.131. The number of halogens is 1. The van der Waals surface area contributed by atoms with Gasteiger partial charge in [0.15, 0.2) is 11.5 Å². The van der Waals surface area contributed by atoms with Crippen LogP contribution in [0.15, 0.2) is 30.5 Å². The van der Waals surface area contributed by atoms with E-state index in [4.69, 9.17) is 11.6 Å².